The van der Waals surface area contributed by atoms with E-state index >= 15 is 0 Å². The van der Waals surface area contributed by atoms with Crippen molar-refractivity contribution in [2.75, 3.05) is 7.05 Å². The van der Waals surface area contributed by atoms with Gasteiger partial charge in [0.25, 0.3) is 5.12 Å². The molecule has 0 fully saturated rings. The summed E-state index contributed by atoms with van der Waals surface area (Å²) in [6, 6.07) is 8.19. The summed E-state index contributed by atoms with van der Waals surface area (Å²) in [4.78, 5) is 14.4. The average Bonchev–Trinajstić information content (AvgIpc) is 2.78. The second-order valence-corrected chi connectivity index (χ2v) is 9.65. The maximum absolute atomic E-state index is 13.5. The van der Waals surface area contributed by atoms with Gasteiger partial charge in [-0.05, 0) is 78.9 Å². The summed E-state index contributed by atoms with van der Waals surface area (Å²) >= 11 is 6.64. The lowest BCUT2D eigenvalue weighted by Crippen LogP contribution is -3.13. The van der Waals surface area contributed by atoms with Crippen LogP contribution in [0.1, 0.15) is 41.7 Å². The molecule has 2 aromatic carbocycles. The van der Waals surface area contributed by atoms with Crippen molar-refractivity contribution in [3.05, 3.63) is 93.8 Å². The largest absolute Gasteiger partial charge is 0.626 e. The van der Waals surface area contributed by atoms with Crippen LogP contribution in [0.5, 0.6) is 0 Å². The maximum atomic E-state index is 13.5. The highest BCUT2D eigenvalue weighted by Crippen LogP contribution is 2.40. The van der Waals surface area contributed by atoms with Crippen LogP contribution >= 0.6 is 11.6 Å². The van der Waals surface area contributed by atoms with Crippen LogP contribution in [0.2, 0.25) is 0 Å². The standard InChI is InChI=1S/C25H23ClF6N2O2/c1-15-7-5-6-8-20(15)16-9-10-34(36)23(26,14-16)33(4)21(35)22(2,3)17-11-18(24(27,28)29)13-19(12-17)25(30,31)32/h5-14,34H,1-4H3. The van der Waals surface area contributed by atoms with E-state index in [2.05, 4.69) is 0 Å². The van der Waals surface area contributed by atoms with Gasteiger partial charge < -0.3 is 10.3 Å². The summed E-state index contributed by atoms with van der Waals surface area (Å²) in [5, 5.41) is 10.1. The number of allylic oxidation sites excluding steroid dienone is 2. The van der Waals surface area contributed by atoms with Crippen LogP contribution in [0, 0.1) is 12.1 Å². The molecule has 0 aliphatic carbocycles. The predicted octanol–water partition coefficient (Wildman–Crippen LogP) is 5.65. The molecule has 2 aromatic rings. The predicted molar refractivity (Wildman–Crippen MR) is 123 cm³/mol. The Morgan fingerprint density at radius 3 is 1.97 bits per heavy atom. The fourth-order valence-corrected chi connectivity index (χ4v) is 4.20. The van der Waals surface area contributed by atoms with Gasteiger partial charge in [0.15, 0.2) is 0 Å². The van der Waals surface area contributed by atoms with Crippen molar-refractivity contribution in [2.24, 2.45) is 0 Å². The van der Waals surface area contributed by atoms with Crippen LogP contribution in [0.3, 0.4) is 0 Å². The number of aryl methyl sites for hydroxylation is 1. The monoisotopic (exact) mass is 532 g/mol. The summed E-state index contributed by atoms with van der Waals surface area (Å²) in [7, 11) is 1.18. The Hall–Kier alpha value is -2.82. The van der Waals surface area contributed by atoms with Gasteiger partial charge in [0.05, 0.1) is 22.7 Å². The second kappa shape index (κ2) is 9.24. The molecule has 194 valence electrons. The molecule has 0 bridgehead atoms. The summed E-state index contributed by atoms with van der Waals surface area (Å²) < 4.78 is 80.3. The summed E-state index contributed by atoms with van der Waals surface area (Å²) in [5.74, 6) is -0.950. The Bertz CT molecular complexity index is 1200. The number of quaternary nitrogens is 1. The number of nitrogens with one attached hydrogen (secondary N) is 1. The highest BCUT2D eigenvalue weighted by atomic mass is 35.5. The van der Waals surface area contributed by atoms with Crippen molar-refractivity contribution >= 4 is 23.1 Å². The van der Waals surface area contributed by atoms with Gasteiger partial charge >= 0.3 is 12.4 Å². The smallest absolute Gasteiger partial charge is 0.416 e. The minimum atomic E-state index is -5.08. The normalized spacial score (nSPS) is 20.8. The first-order valence-electron chi connectivity index (χ1n) is 10.7. The van der Waals surface area contributed by atoms with Gasteiger partial charge in [0.1, 0.15) is 0 Å². The number of benzene rings is 2. The number of hydrogen-bond donors (Lipinski definition) is 1. The minimum Gasteiger partial charge on any atom is -0.626 e. The second-order valence-electron chi connectivity index (χ2n) is 9.07. The first-order chi connectivity index (χ1) is 16.4. The molecule has 0 aromatic heterocycles. The van der Waals surface area contributed by atoms with E-state index in [1.54, 1.807) is 12.1 Å². The van der Waals surface area contributed by atoms with E-state index in [4.69, 9.17) is 11.6 Å². The third-order valence-corrected chi connectivity index (χ3v) is 6.75. The molecular weight excluding hydrogens is 510 g/mol. The Morgan fingerprint density at radius 2 is 1.47 bits per heavy atom. The molecule has 11 heteroatoms. The molecule has 0 saturated heterocycles. The van der Waals surface area contributed by atoms with Crippen LogP contribution in [0.4, 0.5) is 26.3 Å². The van der Waals surface area contributed by atoms with E-state index in [0.717, 1.165) is 16.0 Å². The number of rotatable bonds is 4. The van der Waals surface area contributed by atoms with E-state index in [1.165, 1.54) is 39.2 Å². The van der Waals surface area contributed by atoms with E-state index < -0.39 is 50.6 Å². The zero-order valence-electron chi connectivity index (χ0n) is 19.7. The third kappa shape index (κ3) is 5.16. The third-order valence-electron chi connectivity index (χ3n) is 6.20. The lowest BCUT2D eigenvalue weighted by molar-refractivity contribution is -0.840. The van der Waals surface area contributed by atoms with Gasteiger partial charge in [-0.3, -0.25) is 9.69 Å². The number of carbonyl (C=O) groups is 1. The number of alkyl halides is 7. The van der Waals surface area contributed by atoms with Crippen molar-refractivity contribution in [1.82, 2.24) is 4.90 Å². The fraction of sp³-hybridized carbons (Fsp3) is 0.320. The van der Waals surface area contributed by atoms with Gasteiger partial charge in [0.2, 0.25) is 5.91 Å². The lowest BCUT2D eigenvalue weighted by atomic mass is 9.81. The maximum Gasteiger partial charge on any atom is 0.416 e. The minimum absolute atomic E-state index is 0.0104. The number of likely N-dealkylation sites (N-methyl/N-ethyl adjacent to an activating group) is 1. The van der Waals surface area contributed by atoms with Gasteiger partial charge in [-0.1, -0.05) is 24.3 Å². The molecule has 1 aliphatic rings. The zero-order chi connectivity index (χ0) is 27.3. The molecular formula is C25H23ClF6N2O2. The van der Waals surface area contributed by atoms with Gasteiger partial charge in [-0.2, -0.15) is 26.3 Å². The molecule has 1 amide bonds. The molecule has 0 radical (unpaired) electrons. The van der Waals surface area contributed by atoms with E-state index in [9.17, 15) is 36.3 Å². The van der Waals surface area contributed by atoms with Crippen molar-refractivity contribution in [2.45, 2.75) is 43.7 Å². The molecule has 4 nitrogen and oxygen atoms in total. The number of hydrogen-bond acceptors (Lipinski definition) is 2. The molecule has 2 atom stereocenters. The molecule has 0 spiro atoms. The van der Waals surface area contributed by atoms with Crippen molar-refractivity contribution < 1.29 is 36.2 Å². The van der Waals surface area contributed by atoms with E-state index in [0.29, 0.717) is 17.7 Å². The zero-order valence-corrected chi connectivity index (χ0v) is 20.4. The van der Waals surface area contributed by atoms with Crippen LogP contribution in [-0.4, -0.2) is 23.0 Å². The average molecular weight is 533 g/mol. The molecule has 2 unspecified atom stereocenters. The van der Waals surface area contributed by atoms with Crippen LogP contribution in [-0.2, 0) is 22.6 Å². The van der Waals surface area contributed by atoms with E-state index in [-0.39, 0.29) is 6.07 Å². The Morgan fingerprint density at radius 1 is 0.972 bits per heavy atom. The van der Waals surface area contributed by atoms with Crippen LogP contribution in [0.15, 0.2) is 60.8 Å². The Kier molecular flexibility index (Phi) is 7.13. The molecule has 36 heavy (non-hydrogen) atoms. The number of carbonyl (C=O) groups excluding carboxylic acids is 1. The number of hydroxylamine groups is 2. The summed E-state index contributed by atoms with van der Waals surface area (Å²) in [5.41, 5.74) is -3.40. The van der Waals surface area contributed by atoms with Crippen molar-refractivity contribution in [1.29, 1.82) is 0 Å². The highest BCUT2D eigenvalue weighted by Gasteiger charge is 2.47. The van der Waals surface area contributed by atoms with Crippen LogP contribution < -0.4 is 5.06 Å². The quantitative estimate of drug-likeness (QED) is 0.239. The summed E-state index contributed by atoms with van der Waals surface area (Å²) in [6.45, 7) is 4.19. The van der Waals surface area contributed by atoms with Crippen molar-refractivity contribution in [3.63, 3.8) is 0 Å². The first-order valence-corrected chi connectivity index (χ1v) is 11.1. The molecule has 0 saturated carbocycles. The van der Waals surface area contributed by atoms with Gasteiger partial charge in [0, 0.05) is 13.1 Å². The fourth-order valence-electron chi connectivity index (χ4n) is 3.94. The number of halogens is 7. The first kappa shape index (κ1) is 27.8. The van der Waals surface area contributed by atoms with Crippen molar-refractivity contribution in [3.8, 4) is 0 Å². The van der Waals surface area contributed by atoms with Gasteiger partial charge in [-0.25, -0.2) is 0 Å². The highest BCUT2D eigenvalue weighted by molar-refractivity contribution is 6.25. The summed E-state index contributed by atoms with van der Waals surface area (Å²) in [6.07, 6.45) is -6.11. The molecule has 1 N–H and O–H groups in total. The molecule has 1 aliphatic heterocycles. The van der Waals surface area contributed by atoms with Gasteiger partial charge in [-0.15, -0.1) is 0 Å². The molecule has 1 heterocycles. The Balaban J connectivity index is 2.08. The lowest BCUT2D eigenvalue weighted by Gasteiger charge is -2.44. The SMILES string of the molecule is Cc1ccccc1C1=CC(Cl)(N(C)C(=O)C(C)(C)c2cc(C(F)(F)F)cc(C(F)(F)F)c2)[NH+]([O-])C=C1. The molecule has 3 rings (SSSR count). The number of nitrogens with zero attached hydrogens (tertiary/aromatic N) is 1. The van der Waals surface area contributed by atoms with Crippen LogP contribution in [0.25, 0.3) is 5.57 Å². The number of amides is 1. The Labute approximate surface area is 209 Å². The van der Waals surface area contributed by atoms with E-state index in [1.807, 2.05) is 19.1 Å². The topological polar surface area (TPSA) is 47.8 Å².